The molecule has 0 spiro atoms. The molecule has 0 amide bonds. The van der Waals surface area contributed by atoms with Gasteiger partial charge in [0, 0.05) is 17.7 Å². The van der Waals surface area contributed by atoms with E-state index in [1.165, 1.54) is 44.6 Å². The van der Waals surface area contributed by atoms with Gasteiger partial charge in [-0.25, -0.2) is 9.59 Å². The average Bonchev–Trinajstić information content (AvgIpc) is 2.66. The van der Waals surface area contributed by atoms with Crippen LogP contribution in [0.3, 0.4) is 0 Å². The molecule has 6 nitrogen and oxygen atoms in total. The van der Waals surface area contributed by atoms with E-state index in [1.54, 1.807) is 31.4 Å². The molecule has 2 aromatic rings. The number of carbonyl (C=O) groups is 2. The second-order valence-corrected chi connectivity index (χ2v) is 4.88. The van der Waals surface area contributed by atoms with E-state index in [0.717, 1.165) is 0 Å². The first-order valence-electron chi connectivity index (χ1n) is 7.37. The summed E-state index contributed by atoms with van der Waals surface area (Å²) in [5.41, 5.74) is 1.09. The first-order chi connectivity index (χ1) is 12.1. The fourth-order valence-corrected chi connectivity index (χ4v) is 2.04. The monoisotopic (exact) mass is 342 g/mol. The minimum Gasteiger partial charge on any atom is -0.497 e. The van der Waals surface area contributed by atoms with Gasteiger partial charge < -0.3 is 18.9 Å². The van der Waals surface area contributed by atoms with Crippen LogP contribution in [0.25, 0.3) is 6.08 Å². The van der Waals surface area contributed by atoms with E-state index in [4.69, 9.17) is 14.2 Å². The molecule has 0 aliphatic heterocycles. The molecule has 0 saturated carbocycles. The van der Waals surface area contributed by atoms with Gasteiger partial charge in [-0.2, -0.15) is 0 Å². The number of esters is 2. The topological polar surface area (TPSA) is 71.1 Å². The second kappa shape index (κ2) is 8.54. The van der Waals surface area contributed by atoms with Crippen LogP contribution in [-0.4, -0.2) is 33.3 Å². The molecule has 0 heterocycles. The predicted octanol–water partition coefficient (Wildman–Crippen LogP) is 3.11. The molecule has 0 radical (unpaired) electrons. The summed E-state index contributed by atoms with van der Waals surface area (Å²) in [5, 5.41) is 0. The normalized spacial score (nSPS) is 10.4. The minimum atomic E-state index is -0.552. The molecule has 0 fully saturated rings. The highest BCUT2D eigenvalue weighted by molar-refractivity contribution is 5.90. The molecule has 0 unspecified atom stereocenters. The molecule has 2 aromatic carbocycles. The molecule has 0 aliphatic rings. The van der Waals surface area contributed by atoms with Gasteiger partial charge in [0.2, 0.25) is 0 Å². The highest BCUT2D eigenvalue weighted by Gasteiger charge is 2.07. The standard InChI is InChI=1S/C19H18O6/c1-22-16-10-4-13(17(12-16)23-2)7-11-18(20)25-15-8-5-14(6-9-15)19(21)24-3/h4-12H,1-3H3. The fraction of sp³-hybridized carbons (Fsp3) is 0.158. The lowest BCUT2D eigenvalue weighted by Crippen LogP contribution is -2.05. The van der Waals surface area contributed by atoms with E-state index >= 15 is 0 Å². The number of benzene rings is 2. The lowest BCUT2D eigenvalue weighted by Gasteiger charge is -2.07. The van der Waals surface area contributed by atoms with Crippen molar-refractivity contribution in [3.63, 3.8) is 0 Å². The van der Waals surface area contributed by atoms with Crippen molar-refractivity contribution in [2.45, 2.75) is 0 Å². The van der Waals surface area contributed by atoms with Crippen LogP contribution in [-0.2, 0) is 9.53 Å². The van der Waals surface area contributed by atoms with Crippen molar-refractivity contribution in [3.8, 4) is 17.2 Å². The van der Waals surface area contributed by atoms with Gasteiger partial charge in [-0.3, -0.25) is 0 Å². The van der Waals surface area contributed by atoms with Gasteiger partial charge in [0.25, 0.3) is 0 Å². The third-order valence-electron chi connectivity index (χ3n) is 3.33. The highest BCUT2D eigenvalue weighted by atomic mass is 16.5. The Kier molecular flexibility index (Phi) is 6.17. The largest absolute Gasteiger partial charge is 0.497 e. The number of hydrogen-bond donors (Lipinski definition) is 0. The maximum atomic E-state index is 11.9. The van der Waals surface area contributed by atoms with E-state index in [1.807, 2.05) is 0 Å². The third-order valence-corrected chi connectivity index (χ3v) is 3.33. The third kappa shape index (κ3) is 4.84. The SMILES string of the molecule is COC(=O)c1ccc(OC(=O)C=Cc2ccc(OC)cc2OC)cc1. The fourth-order valence-electron chi connectivity index (χ4n) is 2.04. The van der Waals surface area contributed by atoms with E-state index in [-0.39, 0.29) is 0 Å². The summed E-state index contributed by atoms with van der Waals surface area (Å²) in [5.74, 6) is 0.546. The lowest BCUT2D eigenvalue weighted by molar-refractivity contribution is -0.128. The molecular weight excluding hydrogens is 324 g/mol. The zero-order valence-electron chi connectivity index (χ0n) is 14.1. The highest BCUT2D eigenvalue weighted by Crippen LogP contribution is 2.25. The summed E-state index contributed by atoms with van der Waals surface area (Å²) in [6.07, 6.45) is 2.88. The summed E-state index contributed by atoms with van der Waals surface area (Å²) in [6.45, 7) is 0. The lowest BCUT2D eigenvalue weighted by atomic mass is 10.1. The Labute approximate surface area is 145 Å². The van der Waals surface area contributed by atoms with Gasteiger partial charge in [0.05, 0.1) is 26.9 Å². The van der Waals surface area contributed by atoms with Crippen molar-refractivity contribution in [3.05, 3.63) is 59.7 Å². The quantitative estimate of drug-likeness (QED) is 0.456. The van der Waals surface area contributed by atoms with Gasteiger partial charge >= 0.3 is 11.9 Å². The van der Waals surface area contributed by atoms with Gasteiger partial charge in [-0.1, -0.05) is 0 Å². The summed E-state index contributed by atoms with van der Waals surface area (Å²) < 4.78 is 20.2. The van der Waals surface area contributed by atoms with Crippen molar-refractivity contribution in [1.29, 1.82) is 0 Å². The molecule has 0 aromatic heterocycles. The number of hydrogen-bond acceptors (Lipinski definition) is 6. The van der Waals surface area contributed by atoms with Crippen molar-refractivity contribution in [2.75, 3.05) is 21.3 Å². The molecule has 130 valence electrons. The summed E-state index contributed by atoms with van der Waals surface area (Å²) in [6, 6.07) is 11.3. The Morgan fingerprint density at radius 3 is 2.16 bits per heavy atom. The summed E-state index contributed by atoms with van der Waals surface area (Å²) >= 11 is 0. The van der Waals surface area contributed by atoms with Gasteiger partial charge in [-0.15, -0.1) is 0 Å². The zero-order chi connectivity index (χ0) is 18.2. The zero-order valence-corrected chi connectivity index (χ0v) is 14.1. The maximum Gasteiger partial charge on any atom is 0.337 e. The molecule has 6 heteroatoms. The van der Waals surface area contributed by atoms with Gasteiger partial charge in [-0.05, 0) is 42.5 Å². The van der Waals surface area contributed by atoms with Crippen LogP contribution < -0.4 is 14.2 Å². The van der Waals surface area contributed by atoms with Crippen molar-refractivity contribution < 1.29 is 28.5 Å². The van der Waals surface area contributed by atoms with Crippen LogP contribution in [0.5, 0.6) is 17.2 Å². The molecule has 0 aliphatic carbocycles. The molecule has 2 rings (SSSR count). The van der Waals surface area contributed by atoms with E-state index in [2.05, 4.69) is 4.74 Å². The number of ether oxygens (including phenoxy) is 4. The average molecular weight is 342 g/mol. The van der Waals surface area contributed by atoms with Gasteiger partial charge in [0.15, 0.2) is 0 Å². The minimum absolute atomic E-state index is 0.323. The van der Waals surface area contributed by atoms with Crippen molar-refractivity contribution in [2.24, 2.45) is 0 Å². The molecule has 0 bridgehead atoms. The second-order valence-electron chi connectivity index (χ2n) is 4.88. The number of rotatable bonds is 6. The van der Waals surface area contributed by atoms with Crippen LogP contribution in [0, 0.1) is 0 Å². The molecule has 0 saturated heterocycles. The molecule has 25 heavy (non-hydrogen) atoms. The van der Waals surface area contributed by atoms with Crippen LogP contribution in [0.2, 0.25) is 0 Å². The van der Waals surface area contributed by atoms with Crippen molar-refractivity contribution in [1.82, 2.24) is 0 Å². The molecular formula is C19H18O6. The Morgan fingerprint density at radius 1 is 0.880 bits per heavy atom. The summed E-state index contributed by atoms with van der Waals surface area (Å²) in [7, 11) is 4.40. The van der Waals surface area contributed by atoms with E-state index in [9.17, 15) is 9.59 Å². The van der Waals surface area contributed by atoms with Gasteiger partial charge in [0.1, 0.15) is 17.2 Å². The van der Waals surface area contributed by atoms with Crippen LogP contribution in [0.4, 0.5) is 0 Å². The predicted molar refractivity (Wildman–Crippen MR) is 92.0 cm³/mol. The maximum absolute atomic E-state index is 11.9. The van der Waals surface area contributed by atoms with Crippen LogP contribution >= 0.6 is 0 Å². The first-order valence-corrected chi connectivity index (χ1v) is 7.37. The number of methoxy groups -OCH3 is 3. The Balaban J connectivity index is 2.04. The Bertz CT molecular complexity index is 777. The smallest absolute Gasteiger partial charge is 0.337 e. The Morgan fingerprint density at radius 2 is 1.56 bits per heavy atom. The molecule has 0 atom stereocenters. The van der Waals surface area contributed by atoms with Crippen molar-refractivity contribution >= 4 is 18.0 Å². The number of carbonyl (C=O) groups excluding carboxylic acids is 2. The van der Waals surface area contributed by atoms with Crippen LogP contribution in [0.15, 0.2) is 48.5 Å². The Hall–Kier alpha value is -3.28. The van der Waals surface area contributed by atoms with E-state index < -0.39 is 11.9 Å². The van der Waals surface area contributed by atoms with E-state index in [0.29, 0.717) is 28.4 Å². The first kappa shape index (κ1) is 18.1. The van der Waals surface area contributed by atoms with Crippen LogP contribution in [0.1, 0.15) is 15.9 Å². The molecule has 0 N–H and O–H groups in total. The summed E-state index contributed by atoms with van der Waals surface area (Å²) in [4.78, 5) is 23.3.